The number of halogens is 2. The third-order valence-corrected chi connectivity index (χ3v) is 4.71. The predicted octanol–water partition coefficient (Wildman–Crippen LogP) is 4.31. The van der Waals surface area contributed by atoms with Crippen molar-refractivity contribution in [2.45, 2.75) is 26.9 Å². The Labute approximate surface area is 189 Å². The summed E-state index contributed by atoms with van der Waals surface area (Å²) < 4.78 is 0. The first-order chi connectivity index (χ1) is 13.1. The molecule has 2 rings (SSSR count). The summed E-state index contributed by atoms with van der Waals surface area (Å²) in [5.74, 6) is 0.759. The van der Waals surface area contributed by atoms with Crippen LogP contribution >= 0.6 is 35.6 Å². The van der Waals surface area contributed by atoms with Crippen LogP contribution in [0.15, 0.2) is 53.5 Å². The van der Waals surface area contributed by atoms with Crippen LogP contribution in [0.5, 0.6) is 0 Å². The second kappa shape index (κ2) is 12.6. The number of carbonyl (C=O) groups excluding carboxylic acids is 1. The maximum atomic E-state index is 12.3. The van der Waals surface area contributed by atoms with E-state index < -0.39 is 0 Å². The molecule has 0 aliphatic carbocycles. The van der Waals surface area contributed by atoms with Gasteiger partial charge in [0.25, 0.3) is 5.91 Å². The summed E-state index contributed by atoms with van der Waals surface area (Å²) in [6.07, 6.45) is 0. The molecule has 0 atom stereocenters. The van der Waals surface area contributed by atoms with Crippen LogP contribution in [0.3, 0.4) is 0 Å². The molecule has 0 bridgehead atoms. The fourth-order valence-corrected chi connectivity index (χ4v) is 2.89. The van der Waals surface area contributed by atoms with Crippen LogP contribution < -0.4 is 10.6 Å². The molecule has 2 N–H and O–H groups in total. The number of rotatable bonds is 7. The number of carbonyl (C=O) groups is 1. The summed E-state index contributed by atoms with van der Waals surface area (Å²) >= 11 is 6.18. The number of nitrogens with one attached hydrogen (secondary N) is 2. The molecular weight excluding hydrogens is 487 g/mol. The molecule has 0 unspecified atom stereocenters. The van der Waals surface area contributed by atoms with Crippen molar-refractivity contribution in [2.75, 3.05) is 20.1 Å². The van der Waals surface area contributed by atoms with Crippen LogP contribution in [0.1, 0.15) is 35.3 Å². The van der Waals surface area contributed by atoms with E-state index >= 15 is 0 Å². The zero-order chi connectivity index (χ0) is 19.6. The monoisotopic (exact) mass is 514 g/mol. The van der Waals surface area contributed by atoms with Crippen LogP contribution in [-0.2, 0) is 13.1 Å². The molecule has 0 saturated heterocycles. The molecular formula is C21H28ClIN4O. The van der Waals surface area contributed by atoms with Gasteiger partial charge in [0, 0.05) is 43.8 Å². The minimum atomic E-state index is 0. The fourth-order valence-electron chi connectivity index (χ4n) is 2.69. The van der Waals surface area contributed by atoms with Gasteiger partial charge in [-0.2, -0.15) is 0 Å². The van der Waals surface area contributed by atoms with Crippen LogP contribution in [0.25, 0.3) is 0 Å². The highest BCUT2D eigenvalue weighted by Crippen LogP contribution is 2.14. The summed E-state index contributed by atoms with van der Waals surface area (Å²) in [4.78, 5) is 18.4. The third kappa shape index (κ3) is 6.98. The fraction of sp³-hybridized carbons (Fsp3) is 0.333. The third-order valence-electron chi connectivity index (χ3n) is 4.34. The van der Waals surface area contributed by atoms with Gasteiger partial charge in [-0.05, 0) is 43.2 Å². The number of aliphatic imine (C=N–C) groups is 1. The lowest BCUT2D eigenvalue weighted by molar-refractivity contribution is 0.0773. The van der Waals surface area contributed by atoms with Crippen molar-refractivity contribution in [3.8, 4) is 0 Å². The van der Waals surface area contributed by atoms with Gasteiger partial charge in [0.2, 0.25) is 0 Å². The number of hydrogen-bond acceptors (Lipinski definition) is 2. The molecule has 0 fully saturated rings. The summed E-state index contributed by atoms with van der Waals surface area (Å²) in [7, 11) is 1.73. The Morgan fingerprint density at radius 1 is 1.00 bits per heavy atom. The van der Waals surface area contributed by atoms with Crippen LogP contribution in [0, 0.1) is 0 Å². The Kier molecular flexibility index (Phi) is 10.9. The van der Waals surface area contributed by atoms with Crippen molar-refractivity contribution >= 4 is 47.4 Å². The molecule has 0 aliphatic heterocycles. The van der Waals surface area contributed by atoms with Crippen LogP contribution in [0.2, 0.25) is 5.02 Å². The minimum Gasteiger partial charge on any atom is -0.352 e. The second-order valence-electron chi connectivity index (χ2n) is 6.05. The molecule has 2 aromatic carbocycles. The van der Waals surface area contributed by atoms with Crippen molar-refractivity contribution in [3.05, 3.63) is 70.2 Å². The Balaban J connectivity index is 0.00000392. The average Bonchev–Trinajstić information content (AvgIpc) is 2.70. The predicted molar refractivity (Wildman–Crippen MR) is 128 cm³/mol. The molecule has 0 heterocycles. The van der Waals surface area contributed by atoms with E-state index in [-0.39, 0.29) is 29.9 Å². The molecule has 1 amide bonds. The van der Waals surface area contributed by atoms with Gasteiger partial charge in [-0.1, -0.05) is 41.9 Å². The maximum Gasteiger partial charge on any atom is 0.253 e. The molecule has 0 spiro atoms. The molecule has 0 aliphatic rings. The van der Waals surface area contributed by atoms with Crippen molar-refractivity contribution in [3.63, 3.8) is 0 Å². The summed E-state index contributed by atoms with van der Waals surface area (Å²) in [6, 6.07) is 15.4. The van der Waals surface area contributed by atoms with Crippen molar-refractivity contribution in [1.29, 1.82) is 0 Å². The molecule has 152 valence electrons. The van der Waals surface area contributed by atoms with Gasteiger partial charge in [0.15, 0.2) is 5.96 Å². The lowest BCUT2D eigenvalue weighted by Gasteiger charge is -2.18. The molecule has 2 aromatic rings. The Hall–Kier alpha value is -1.80. The van der Waals surface area contributed by atoms with E-state index in [1.54, 1.807) is 7.05 Å². The van der Waals surface area contributed by atoms with Gasteiger partial charge in [0.05, 0.1) is 0 Å². The zero-order valence-electron chi connectivity index (χ0n) is 16.5. The van der Waals surface area contributed by atoms with Gasteiger partial charge < -0.3 is 15.5 Å². The van der Waals surface area contributed by atoms with E-state index in [0.29, 0.717) is 37.7 Å². The number of hydrogen-bond donors (Lipinski definition) is 2. The van der Waals surface area contributed by atoms with E-state index in [2.05, 4.69) is 15.6 Å². The van der Waals surface area contributed by atoms with Crippen molar-refractivity contribution < 1.29 is 4.79 Å². The smallest absolute Gasteiger partial charge is 0.253 e. The first-order valence-electron chi connectivity index (χ1n) is 9.15. The lowest BCUT2D eigenvalue weighted by atomic mass is 10.1. The van der Waals surface area contributed by atoms with E-state index in [1.165, 1.54) is 0 Å². The van der Waals surface area contributed by atoms with E-state index in [1.807, 2.05) is 67.3 Å². The number of nitrogens with zero attached hydrogens (tertiary/aromatic N) is 2. The molecule has 0 saturated carbocycles. The van der Waals surface area contributed by atoms with Gasteiger partial charge in [-0.3, -0.25) is 9.79 Å². The highest BCUT2D eigenvalue weighted by atomic mass is 127. The molecule has 5 nitrogen and oxygen atoms in total. The summed E-state index contributed by atoms with van der Waals surface area (Å²) in [5.41, 5.74) is 2.80. The SMILES string of the molecule is CCN(CC)C(=O)c1ccc(CNC(=NC)NCc2ccccc2Cl)cc1.I. The Morgan fingerprint density at radius 3 is 2.18 bits per heavy atom. The standard InChI is InChI=1S/C21H27ClN4O.HI/c1-4-26(5-2)20(27)17-12-10-16(11-13-17)14-24-21(23-3)25-15-18-8-6-7-9-19(18)22;/h6-13H,4-5,14-15H2,1-3H3,(H2,23,24,25);1H. The minimum absolute atomic E-state index is 0. The average molecular weight is 515 g/mol. The van der Waals surface area contributed by atoms with E-state index in [0.717, 1.165) is 16.1 Å². The largest absolute Gasteiger partial charge is 0.352 e. The lowest BCUT2D eigenvalue weighted by Crippen LogP contribution is -2.36. The van der Waals surface area contributed by atoms with Gasteiger partial charge in [0.1, 0.15) is 0 Å². The van der Waals surface area contributed by atoms with Gasteiger partial charge in [-0.15, -0.1) is 24.0 Å². The topological polar surface area (TPSA) is 56.7 Å². The molecule has 7 heteroatoms. The molecule has 0 radical (unpaired) electrons. The van der Waals surface area contributed by atoms with E-state index in [9.17, 15) is 4.79 Å². The summed E-state index contributed by atoms with van der Waals surface area (Å²) in [5, 5.41) is 7.25. The highest BCUT2D eigenvalue weighted by Gasteiger charge is 2.11. The van der Waals surface area contributed by atoms with Crippen LogP contribution in [0.4, 0.5) is 0 Å². The van der Waals surface area contributed by atoms with Gasteiger partial charge in [-0.25, -0.2) is 0 Å². The first kappa shape index (κ1) is 24.2. The normalized spacial score (nSPS) is 10.8. The maximum absolute atomic E-state index is 12.3. The highest BCUT2D eigenvalue weighted by molar-refractivity contribution is 14.0. The van der Waals surface area contributed by atoms with Crippen molar-refractivity contribution in [1.82, 2.24) is 15.5 Å². The zero-order valence-corrected chi connectivity index (χ0v) is 19.6. The summed E-state index contributed by atoms with van der Waals surface area (Å²) in [6.45, 7) is 6.61. The van der Waals surface area contributed by atoms with E-state index in [4.69, 9.17) is 11.6 Å². The second-order valence-corrected chi connectivity index (χ2v) is 6.45. The Bertz CT molecular complexity index is 776. The molecule has 0 aromatic heterocycles. The Morgan fingerprint density at radius 2 is 1.61 bits per heavy atom. The van der Waals surface area contributed by atoms with Crippen molar-refractivity contribution in [2.24, 2.45) is 4.99 Å². The number of guanidine groups is 1. The number of amides is 1. The molecule has 28 heavy (non-hydrogen) atoms. The first-order valence-corrected chi connectivity index (χ1v) is 9.53. The van der Waals surface area contributed by atoms with Crippen LogP contribution in [-0.4, -0.2) is 36.9 Å². The quantitative estimate of drug-likeness (QED) is 0.329. The number of benzene rings is 2. The van der Waals surface area contributed by atoms with Gasteiger partial charge >= 0.3 is 0 Å².